The second-order valence-electron chi connectivity index (χ2n) is 5.70. The summed E-state index contributed by atoms with van der Waals surface area (Å²) in [6.45, 7) is 2.47. The molecule has 0 saturated carbocycles. The first-order chi connectivity index (χ1) is 10.6. The largest absolute Gasteiger partial charge is 0.388 e. The number of aliphatic hydroxyl groups is 1. The molecular weight excluding hydrogens is 306 g/mol. The van der Waals surface area contributed by atoms with E-state index in [2.05, 4.69) is 9.88 Å². The van der Waals surface area contributed by atoms with E-state index >= 15 is 0 Å². The Morgan fingerprint density at radius 2 is 2.09 bits per heavy atom. The summed E-state index contributed by atoms with van der Waals surface area (Å²) in [5.41, 5.74) is 2.94. The van der Waals surface area contributed by atoms with E-state index in [-0.39, 0.29) is 11.5 Å². The van der Waals surface area contributed by atoms with Gasteiger partial charge in [0.15, 0.2) is 0 Å². The van der Waals surface area contributed by atoms with Crippen LogP contribution in [0.25, 0.3) is 0 Å². The standard InChI is InChI=1S/C16H18F2N2OS/c17-12-1-2-15(18)14(7-12)16(21)11-3-5-20(6-4-11)8-13-9-22-10-19-13/h1-2,7,9-11,16,21H,3-6,8H2. The normalized spacial score (nSPS) is 18.5. The van der Waals surface area contributed by atoms with E-state index in [4.69, 9.17) is 0 Å². The summed E-state index contributed by atoms with van der Waals surface area (Å²) in [5, 5.41) is 12.4. The average molecular weight is 324 g/mol. The molecule has 118 valence electrons. The van der Waals surface area contributed by atoms with Crippen LogP contribution in [-0.2, 0) is 6.54 Å². The molecule has 1 N–H and O–H groups in total. The Bertz CT molecular complexity index is 613. The number of likely N-dealkylation sites (tertiary alicyclic amines) is 1. The summed E-state index contributed by atoms with van der Waals surface area (Å²) < 4.78 is 27.0. The van der Waals surface area contributed by atoms with Crippen LogP contribution in [0.2, 0.25) is 0 Å². The molecule has 1 aromatic carbocycles. The number of hydrogen-bond donors (Lipinski definition) is 1. The van der Waals surface area contributed by atoms with Gasteiger partial charge in [0, 0.05) is 17.5 Å². The molecule has 1 saturated heterocycles. The lowest BCUT2D eigenvalue weighted by atomic mass is 9.87. The lowest BCUT2D eigenvalue weighted by Gasteiger charge is -2.34. The lowest BCUT2D eigenvalue weighted by molar-refractivity contribution is 0.0539. The van der Waals surface area contributed by atoms with Crippen LogP contribution in [0.1, 0.15) is 30.2 Å². The average Bonchev–Trinajstić information content (AvgIpc) is 3.03. The predicted octanol–water partition coefficient (Wildman–Crippen LogP) is 3.37. The monoisotopic (exact) mass is 324 g/mol. The molecule has 1 fully saturated rings. The Morgan fingerprint density at radius 1 is 1.32 bits per heavy atom. The van der Waals surface area contributed by atoms with Crippen molar-refractivity contribution in [3.8, 4) is 0 Å². The van der Waals surface area contributed by atoms with Crippen molar-refractivity contribution in [3.63, 3.8) is 0 Å². The van der Waals surface area contributed by atoms with Crippen molar-refractivity contribution in [1.82, 2.24) is 9.88 Å². The quantitative estimate of drug-likeness (QED) is 0.937. The Kier molecular flexibility index (Phi) is 4.81. The fourth-order valence-corrected chi connectivity index (χ4v) is 3.52. The van der Waals surface area contributed by atoms with Gasteiger partial charge in [-0.15, -0.1) is 11.3 Å². The number of rotatable bonds is 4. The van der Waals surface area contributed by atoms with Crippen LogP contribution in [-0.4, -0.2) is 28.1 Å². The highest BCUT2D eigenvalue weighted by Gasteiger charge is 2.28. The van der Waals surface area contributed by atoms with Crippen LogP contribution >= 0.6 is 11.3 Å². The lowest BCUT2D eigenvalue weighted by Crippen LogP contribution is -2.35. The highest BCUT2D eigenvalue weighted by molar-refractivity contribution is 7.07. The third kappa shape index (κ3) is 3.51. The third-order valence-electron chi connectivity index (χ3n) is 4.22. The molecule has 6 heteroatoms. The number of thiazole rings is 1. The summed E-state index contributed by atoms with van der Waals surface area (Å²) in [7, 11) is 0. The first-order valence-electron chi connectivity index (χ1n) is 7.36. The van der Waals surface area contributed by atoms with Crippen LogP contribution < -0.4 is 0 Å². The van der Waals surface area contributed by atoms with Crippen molar-refractivity contribution in [2.75, 3.05) is 13.1 Å². The molecule has 0 spiro atoms. The maximum Gasteiger partial charge on any atom is 0.129 e. The fourth-order valence-electron chi connectivity index (χ4n) is 2.97. The molecule has 2 heterocycles. The summed E-state index contributed by atoms with van der Waals surface area (Å²) in [6.07, 6.45) is 0.583. The Balaban J connectivity index is 1.59. The maximum atomic E-state index is 13.8. The minimum absolute atomic E-state index is 0.0389. The predicted molar refractivity (Wildman–Crippen MR) is 81.4 cm³/mol. The van der Waals surface area contributed by atoms with E-state index in [1.807, 2.05) is 10.9 Å². The number of nitrogens with zero attached hydrogens (tertiary/aromatic N) is 2. The van der Waals surface area contributed by atoms with Gasteiger partial charge < -0.3 is 5.11 Å². The van der Waals surface area contributed by atoms with Crippen LogP contribution in [0.3, 0.4) is 0 Å². The fraction of sp³-hybridized carbons (Fsp3) is 0.438. The van der Waals surface area contributed by atoms with Crippen LogP contribution in [0.4, 0.5) is 8.78 Å². The van der Waals surface area contributed by atoms with E-state index in [0.717, 1.165) is 56.4 Å². The number of halogens is 2. The Hall–Kier alpha value is -1.37. The molecule has 1 atom stereocenters. The smallest absolute Gasteiger partial charge is 0.129 e. The zero-order valence-corrected chi connectivity index (χ0v) is 12.9. The van der Waals surface area contributed by atoms with Gasteiger partial charge in [-0.3, -0.25) is 4.90 Å². The molecule has 1 aliphatic heterocycles. The third-order valence-corrected chi connectivity index (χ3v) is 4.86. The van der Waals surface area contributed by atoms with Crippen molar-refractivity contribution in [1.29, 1.82) is 0 Å². The van der Waals surface area contributed by atoms with E-state index in [1.165, 1.54) is 0 Å². The molecule has 0 bridgehead atoms. The van der Waals surface area contributed by atoms with Crippen molar-refractivity contribution in [2.45, 2.75) is 25.5 Å². The first-order valence-corrected chi connectivity index (χ1v) is 8.30. The van der Waals surface area contributed by atoms with Crippen LogP contribution in [0, 0.1) is 17.6 Å². The molecular formula is C16H18F2N2OS. The first kappa shape index (κ1) is 15.5. The van der Waals surface area contributed by atoms with Gasteiger partial charge >= 0.3 is 0 Å². The van der Waals surface area contributed by atoms with Crippen molar-refractivity contribution in [2.24, 2.45) is 5.92 Å². The summed E-state index contributed by atoms with van der Waals surface area (Å²) in [4.78, 5) is 6.55. The minimum atomic E-state index is -0.947. The van der Waals surface area contributed by atoms with E-state index in [1.54, 1.807) is 11.3 Å². The second kappa shape index (κ2) is 6.81. The van der Waals surface area contributed by atoms with Gasteiger partial charge in [-0.05, 0) is 50.0 Å². The summed E-state index contributed by atoms with van der Waals surface area (Å²) in [5.74, 6) is -1.10. The molecule has 3 rings (SSSR count). The number of aromatic nitrogens is 1. The summed E-state index contributed by atoms with van der Waals surface area (Å²) in [6, 6.07) is 3.24. The van der Waals surface area contributed by atoms with Crippen molar-refractivity contribution >= 4 is 11.3 Å². The molecule has 1 unspecified atom stereocenters. The van der Waals surface area contributed by atoms with Gasteiger partial charge in [-0.1, -0.05) is 0 Å². The maximum absolute atomic E-state index is 13.8. The van der Waals surface area contributed by atoms with Gasteiger partial charge in [0.2, 0.25) is 0 Å². The summed E-state index contributed by atoms with van der Waals surface area (Å²) >= 11 is 1.58. The van der Waals surface area contributed by atoms with E-state index < -0.39 is 17.7 Å². The number of hydrogen-bond acceptors (Lipinski definition) is 4. The molecule has 1 aliphatic rings. The molecule has 0 radical (unpaired) electrons. The van der Waals surface area contributed by atoms with Crippen LogP contribution in [0.15, 0.2) is 29.1 Å². The highest BCUT2D eigenvalue weighted by Crippen LogP contribution is 2.32. The van der Waals surface area contributed by atoms with E-state index in [9.17, 15) is 13.9 Å². The van der Waals surface area contributed by atoms with Gasteiger partial charge in [-0.2, -0.15) is 0 Å². The van der Waals surface area contributed by atoms with Crippen molar-refractivity contribution in [3.05, 3.63) is 52.0 Å². The van der Waals surface area contributed by atoms with Gasteiger partial charge in [0.25, 0.3) is 0 Å². The molecule has 22 heavy (non-hydrogen) atoms. The highest BCUT2D eigenvalue weighted by atomic mass is 32.1. The van der Waals surface area contributed by atoms with Crippen molar-refractivity contribution < 1.29 is 13.9 Å². The molecule has 0 aliphatic carbocycles. The van der Waals surface area contributed by atoms with Gasteiger partial charge in [-0.25, -0.2) is 13.8 Å². The molecule has 1 aromatic heterocycles. The number of piperidine rings is 1. The number of aliphatic hydroxyl groups excluding tert-OH is 1. The topological polar surface area (TPSA) is 36.4 Å². The van der Waals surface area contributed by atoms with E-state index in [0.29, 0.717) is 0 Å². The zero-order valence-electron chi connectivity index (χ0n) is 12.1. The molecule has 3 nitrogen and oxygen atoms in total. The van der Waals surface area contributed by atoms with Crippen LogP contribution in [0.5, 0.6) is 0 Å². The Morgan fingerprint density at radius 3 is 2.77 bits per heavy atom. The Labute approximate surface area is 132 Å². The van der Waals surface area contributed by atoms with Gasteiger partial charge in [0.05, 0.1) is 17.3 Å². The van der Waals surface area contributed by atoms with Gasteiger partial charge in [0.1, 0.15) is 11.6 Å². The molecule has 2 aromatic rings. The molecule has 0 amide bonds. The SMILES string of the molecule is OC(c1cc(F)ccc1F)C1CCN(Cc2cscn2)CC1. The number of benzene rings is 1. The second-order valence-corrected chi connectivity index (χ2v) is 6.42. The zero-order chi connectivity index (χ0) is 15.5. The minimum Gasteiger partial charge on any atom is -0.388 e.